The van der Waals surface area contributed by atoms with Crippen molar-refractivity contribution in [2.75, 3.05) is 19.6 Å². The third-order valence-corrected chi connectivity index (χ3v) is 6.14. The Morgan fingerprint density at radius 2 is 2.00 bits per heavy atom. The summed E-state index contributed by atoms with van der Waals surface area (Å²) in [6.45, 7) is 6.62. The van der Waals surface area contributed by atoms with Gasteiger partial charge in [-0.15, -0.1) is 0 Å². The lowest BCUT2D eigenvalue weighted by Gasteiger charge is -2.48. The number of benzene rings is 1. The van der Waals surface area contributed by atoms with Crippen LogP contribution in [0.15, 0.2) is 18.2 Å². The number of carboxylic acids is 1. The van der Waals surface area contributed by atoms with E-state index in [1.54, 1.807) is 13.0 Å². The maximum Gasteiger partial charge on any atom is 0.326 e. The Hall–Kier alpha value is -1.95. The maximum absolute atomic E-state index is 13.5. The molecular formula is C20H27FN2O3. The molecule has 6 heteroatoms. The summed E-state index contributed by atoms with van der Waals surface area (Å²) in [6, 6.07) is 4.14. The van der Waals surface area contributed by atoms with Crippen molar-refractivity contribution in [1.29, 1.82) is 0 Å². The van der Waals surface area contributed by atoms with Crippen LogP contribution in [0.5, 0.6) is 0 Å². The molecule has 0 aromatic heterocycles. The van der Waals surface area contributed by atoms with Crippen LogP contribution < -0.4 is 0 Å². The molecule has 26 heavy (non-hydrogen) atoms. The lowest BCUT2D eigenvalue weighted by molar-refractivity contribution is -0.155. The zero-order valence-electron chi connectivity index (χ0n) is 15.5. The minimum absolute atomic E-state index is 0.0190. The highest BCUT2D eigenvalue weighted by Crippen LogP contribution is 2.41. The van der Waals surface area contributed by atoms with Gasteiger partial charge in [0, 0.05) is 19.5 Å². The topological polar surface area (TPSA) is 60.9 Å². The maximum atomic E-state index is 13.5. The molecule has 2 aliphatic heterocycles. The van der Waals surface area contributed by atoms with E-state index in [1.165, 1.54) is 11.0 Å². The van der Waals surface area contributed by atoms with Gasteiger partial charge in [-0.3, -0.25) is 9.69 Å². The number of hydrogen-bond acceptors (Lipinski definition) is 3. The minimum atomic E-state index is -0.950. The zero-order chi connectivity index (χ0) is 18.9. The fourth-order valence-corrected chi connectivity index (χ4v) is 4.18. The number of carboxylic acid groups (broad SMARTS) is 1. The number of carbonyl (C=O) groups is 2. The molecule has 1 N–H and O–H groups in total. The highest BCUT2D eigenvalue weighted by atomic mass is 19.1. The number of nitrogens with zero attached hydrogens (tertiary/aromatic N) is 2. The SMILES string of the molecule is Cc1ccc(F)cc1CN1CCC2(CCC(=O)N([C@H](C)C(=O)O)C2)CC1. The van der Waals surface area contributed by atoms with Crippen LogP contribution in [-0.2, 0) is 16.1 Å². The monoisotopic (exact) mass is 362 g/mol. The summed E-state index contributed by atoms with van der Waals surface area (Å²) in [5, 5.41) is 9.26. The Labute approximate surface area is 153 Å². The quantitative estimate of drug-likeness (QED) is 0.895. The Balaban J connectivity index is 1.63. The summed E-state index contributed by atoms with van der Waals surface area (Å²) in [4.78, 5) is 27.3. The van der Waals surface area contributed by atoms with Crippen LogP contribution >= 0.6 is 0 Å². The molecule has 1 spiro atoms. The first-order valence-electron chi connectivity index (χ1n) is 9.29. The number of likely N-dealkylation sites (tertiary alicyclic amines) is 2. The molecule has 0 radical (unpaired) electrons. The van der Waals surface area contributed by atoms with E-state index in [4.69, 9.17) is 0 Å². The summed E-state index contributed by atoms with van der Waals surface area (Å²) in [6.07, 6.45) is 3.15. The average Bonchev–Trinajstić information content (AvgIpc) is 2.62. The number of amides is 1. The summed E-state index contributed by atoms with van der Waals surface area (Å²) >= 11 is 0. The van der Waals surface area contributed by atoms with Crippen molar-refractivity contribution in [3.63, 3.8) is 0 Å². The number of carbonyl (C=O) groups excluding carboxylic acids is 1. The molecule has 3 rings (SSSR count). The van der Waals surface area contributed by atoms with E-state index >= 15 is 0 Å². The van der Waals surface area contributed by atoms with E-state index in [9.17, 15) is 19.1 Å². The second-order valence-corrected chi connectivity index (χ2v) is 7.88. The molecule has 2 fully saturated rings. The number of halogens is 1. The molecule has 2 aliphatic rings. The lowest BCUT2D eigenvalue weighted by Crippen LogP contribution is -2.55. The normalized spacial score (nSPS) is 21.8. The van der Waals surface area contributed by atoms with Crippen molar-refractivity contribution in [2.45, 2.75) is 52.1 Å². The summed E-state index contributed by atoms with van der Waals surface area (Å²) in [5.74, 6) is -1.21. The van der Waals surface area contributed by atoms with Crippen LogP contribution in [-0.4, -0.2) is 52.5 Å². The molecule has 2 heterocycles. The van der Waals surface area contributed by atoms with Crippen LogP contribution in [0.1, 0.15) is 43.7 Å². The summed E-state index contributed by atoms with van der Waals surface area (Å²) in [7, 11) is 0. The van der Waals surface area contributed by atoms with Crippen LogP contribution in [0.2, 0.25) is 0 Å². The van der Waals surface area contributed by atoms with Gasteiger partial charge in [0.1, 0.15) is 11.9 Å². The van der Waals surface area contributed by atoms with E-state index in [1.807, 2.05) is 13.0 Å². The van der Waals surface area contributed by atoms with Crippen molar-refractivity contribution in [3.05, 3.63) is 35.1 Å². The van der Waals surface area contributed by atoms with Gasteiger partial charge in [-0.05, 0) is 74.9 Å². The lowest BCUT2D eigenvalue weighted by atomic mass is 9.72. The van der Waals surface area contributed by atoms with Gasteiger partial charge in [0.25, 0.3) is 0 Å². The molecule has 142 valence electrons. The zero-order valence-corrected chi connectivity index (χ0v) is 15.5. The van der Waals surface area contributed by atoms with Crippen molar-refractivity contribution in [3.8, 4) is 0 Å². The fraction of sp³-hybridized carbons (Fsp3) is 0.600. The molecule has 1 aromatic rings. The van der Waals surface area contributed by atoms with Gasteiger partial charge in [-0.25, -0.2) is 9.18 Å². The van der Waals surface area contributed by atoms with E-state index in [2.05, 4.69) is 4.90 Å². The molecule has 1 amide bonds. The molecule has 0 aliphatic carbocycles. The van der Waals surface area contributed by atoms with Gasteiger partial charge in [0.05, 0.1) is 0 Å². The summed E-state index contributed by atoms with van der Waals surface area (Å²) in [5.41, 5.74) is 2.13. The molecular weight excluding hydrogens is 335 g/mol. The minimum Gasteiger partial charge on any atom is -0.480 e. The standard InChI is InChI=1S/C20H27FN2O3/c1-14-3-4-17(21)11-16(14)12-22-9-7-20(8-10-22)6-5-18(24)23(13-20)15(2)19(25)26/h3-4,11,15H,5-10,12-13H2,1-2H3,(H,25,26)/t15-/m1/s1. The van der Waals surface area contributed by atoms with Crippen molar-refractivity contribution in [1.82, 2.24) is 9.80 Å². The van der Waals surface area contributed by atoms with Crippen molar-refractivity contribution < 1.29 is 19.1 Å². The fourth-order valence-electron chi connectivity index (χ4n) is 4.18. The number of aliphatic carboxylic acids is 1. The third-order valence-electron chi connectivity index (χ3n) is 6.14. The largest absolute Gasteiger partial charge is 0.480 e. The van der Waals surface area contributed by atoms with Crippen LogP contribution in [0.3, 0.4) is 0 Å². The van der Waals surface area contributed by atoms with Gasteiger partial charge in [-0.1, -0.05) is 6.07 Å². The first-order chi connectivity index (χ1) is 12.3. The number of hydrogen-bond donors (Lipinski definition) is 1. The highest BCUT2D eigenvalue weighted by Gasteiger charge is 2.43. The Bertz CT molecular complexity index is 698. The van der Waals surface area contributed by atoms with Crippen molar-refractivity contribution >= 4 is 11.9 Å². The second kappa shape index (κ2) is 7.35. The molecule has 2 saturated heterocycles. The van der Waals surface area contributed by atoms with E-state index in [-0.39, 0.29) is 17.1 Å². The van der Waals surface area contributed by atoms with Crippen LogP contribution in [0.25, 0.3) is 0 Å². The number of piperidine rings is 2. The molecule has 5 nitrogen and oxygen atoms in total. The first-order valence-corrected chi connectivity index (χ1v) is 9.29. The predicted octanol–water partition coefficient (Wildman–Crippen LogP) is 2.81. The third kappa shape index (κ3) is 3.90. The van der Waals surface area contributed by atoms with Gasteiger partial charge in [0.15, 0.2) is 0 Å². The Morgan fingerprint density at radius 1 is 1.31 bits per heavy atom. The highest BCUT2D eigenvalue weighted by molar-refractivity contribution is 5.84. The van der Waals surface area contributed by atoms with E-state index < -0.39 is 12.0 Å². The average molecular weight is 362 g/mol. The number of aryl methyl sites for hydroxylation is 1. The predicted molar refractivity (Wildman–Crippen MR) is 96.1 cm³/mol. The van der Waals surface area contributed by atoms with Crippen molar-refractivity contribution in [2.24, 2.45) is 5.41 Å². The van der Waals surface area contributed by atoms with E-state index in [0.717, 1.165) is 50.0 Å². The van der Waals surface area contributed by atoms with Gasteiger partial charge in [-0.2, -0.15) is 0 Å². The molecule has 0 saturated carbocycles. The summed E-state index contributed by atoms with van der Waals surface area (Å²) < 4.78 is 13.5. The molecule has 1 atom stereocenters. The number of rotatable bonds is 4. The molecule has 0 bridgehead atoms. The van der Waals surface area contributed by atoms with E-state index in [0.29, 0.717) is 13.0 Å². The van der Waals surface area contributed by atoms with Crippen LogP contribution in [0.4, 0.5) is 4.39 Å². The second-order valence-electron chi connectivity index (χ2n) is 7.88. The van der Waals surface area contributed by atoms with Gasteiger partial charge >= 0.3 is 5.97 Å². The first kappa shape index (κ1) is 18.8. The molecule has 0 unspecified atom stereocenters. The molecule has 1 aromatic carbocycles. The van der Waals surface area contributed by atoms with Gasteiger partial charge in [0.2, 0.25) is 5.91 Å². The Morgan fingerprint density at radius 3 is 2.65 bits per heavy atom. The smallest absolute Gasteiger partial charge is 0.326 e. The Kier molecular flexibility index (Phi) is 5.32. The van der Waals surface area contributed by atoms with Gasteiger partial charge < -0.3 is 10.0 Å². The van der Waals surface area contributed by atoms with Crippen LogP contribution in [0, 0.1) is 18.2 Å².